The lowest BCUT2D eigenvalue weighted by atomic mass is 9.96. The molecule has 0 bridgehead atoms. The van der Waals surface area contributed by atoms with Gasteiger partial charge in [-0.1, -0.05) is 0 Å². The zero-order valence-corrected chi connectivity index (χ0v) is 18.4. The van der Waals surface area contributed by atoms with Gasteiger partial charge in [-0.25, -0.2) is 12.7 Å². The van der Waals surface area contributed by atoms with Crippen LogP contribution < -0.4 is 15.1 Å². The molecule has 2 aliphatic rings. The summed E-state index contributed by atoms with van der Waals surface area (Å²) in [6.07, 6.45) is 4.13. The standard InChI is InChI=1S/C21H26N4O5S/c1-23(2)31(28,29)16-8-9-17-19(12-16)25(21(27)18-7-3-4-10-24(17)18)14-20(26)22-13-15-6-5-11-30-15/h5-6,8-9,11-12,18H,3-4,7,10,13-14H2,1-2H3,(H,22,26)/t18-/m0/s1. The van der Waals surface area contributed by atoms with Crippen molar-refractivity contribution in [3.63, 3.8) is 0 Å². The summed E-state index contributed by atoms with van der Waals surface area (Å²) in [6, 6.07) is 7.94. The summed E-state index contributed by atoms with van der Waals surface area (Å²) >= 11 is 0. The molecule has 1 aromatic carbocycles. The van der Waals surface area contributed by atoms with Crippen molar-refractivity contribution < 1.29 is 22.4 Å². The molecule has 1 atom stereocenters. The highest BCUT2D eigenvalue weighted by atomic mass is 32.2. The quantitative estimate of drug-likeness (QED) is 0.722. The van der Waals surface area contributed by atoms with E-state index >= 15 is 0 Å². The number of sulfonamides is 1. The lowest BCUT2D eigenvalue weighted by Gasteiger charge is -2.45. The minimum atomic E-state index is -3.68. The largest absolute Gasteiger partial charge is 0.467 e. The van der Waals surface area contributed by atoms with Gasteiger partial charge in [-0.15, -0.1) is 0 Å². The van der Waals surface area contributed by atoms with Crippen LogP contribution in [0.15, 0.2) is 45.9 Å². The first-order valence-electron chi connectivity index (χ1n) is 10.2. The Labute approximate surface area is 181 Å². The number of nitrogens with one attached hydrogen (secondary N) is 1. The molecular weight excluding hydrogens is 420 g/mol. The van der Waals surface area contributed by atoms with E-state index in [1.54, 1.807) is 24.3 Å². The molecule has 2 aliphatic heterocycles. The zero-order chi connectivity index (χ0) is 22.2. The number of carbonyl (C=O) groups excluding carboxylic acids is 2. The van der Waals surface area contributed by atoms with Crippen LogP contribution in [0.4, 0.5) is 11.4 Å². The van der Waals surface area contributed by atoms with Crippen LogP contribution in [-0.4, -0.2) is 57.8 Å². The van der Waals surface area contributed by atoms with Crippen LogP contribution in [-0.2, 0) is 26.2 Å². The highest BCUT2D eigenvalue weighted by Crippen LogP contribution is 2.40. The molecule has 4 rings (SSSR count). The Hall–Kier alpha value is -2.85. The number of piperidine rings is 1. The van der Waals surface area contributed by atoms with E-state index in [-0.39, 0.29) is 35.8 Å². The fourth-order valence-electron chi connectivity index (χ4n) is 4.07. The summed E-state index contributed by atoms with van der Waals surface area (Å²) in [5.74, 6) is 0.0807. The number of fused-ring (bicyclic) bond motifs is 3. The lowest BCUT2D eigenvalue weighted by Crippen LogP contribution is -2.57. The van der Waals surface area contributed by atoms with E-state index in [0.29, 0.717) is 17.9 Å². The van der Waals surface area contributed by atoms with Gasteiger partial charge in [0, 0.05) is 20.6 Å². The zero-order valence-electron chi connectivity index (χ0n) is 17.6. The van der Waals surface area contributed by atoms with Crippen LogP contribution >= 0.6 is 0 Å². The number of hydrogen-bond donors (Lipinski definition) is 1. The minimum absolute atomic E-state index is 0.0838. The number of carbonyl (C=O) groups is 2. The second kappa shape index (κ2) is 8.35. The number of nitrogens with zero attached hydrogens (tertiary/aromatic N) is 3. The van der Waals surface area contributed by atoms with Crippen molar-refractivity contribution in [1.82, 2.24) is 9.62 Å². The molecule has 9 nitrogen and oxygen atoms in total. The van der Waals surface area contributed by atoms with Gasteiger partial charge < -0.3 is 14.6 Å². The second-order valence-electron chi connectivity index (χ2n) is 7.92. The minimum Gasteiger partial charge on any atom is -0.467 e. The fourth-order valence-corrected chi connectivity index (χ4v) is 4.99. The number of benzene rings is 1. The predicted molar refractivity (Wildman–Crippen MR) is 115 cm³/mol. The highest BCUT2D eigenvalue weighted by Gasteiger charge is 2.40. The van der Waals surface area contributed by atoms with Crippen molar-refractivity contribution in [3.05, 3.63) is 42.4 Å². The number of anilines is 2. The van der Waals surface area contributed by atoms with Gasteiger partial charge in [0.05, 0.1) is 29.1 Å². The van der Waals surface area contributed by atoms with Gasteiger partial charge in [-0.05, 0) is 49.6 Å². The second-order valence-corrected chi connectivity index (χ2v) is 10.1. The first kappa shape index (κ1) is 21.4. The van der Waals surface area contributed by atoms with E-state index in [4.69, 9.17) is 4.42 Å². The number of hydrogen-bond acceptors (Lipinski definition) is 6. The van der Waals surface area contributed by atoms with Crippen molar-refractivity contribution in [2.24, 2.45) is 0 Å². The van der Waals surface area contributed by atoms with Gasteiger partial charge in [-0.2, -0.15) is 0 Å². The molecule has 166 valence electrons. The summed E-state index contributed by atoms with van der Waals surface area (Å²) < 4.78 is 31.7. The maximum Gasteiger partial charge on any atom is 0.250 e. The van der Waals surface area contributed by atoms with Crippen LogP contribution in [0, 0.1) is 0 Å². The predicted octanol–water partition coefficient (Wildman–Crippen LogP) is 1.55. The molecule has 0 unspecified atom stereocenters. The lowest BCUT2D eigenvalue weighted by molar-refractivity contribution is -0.125. The first-order chi connectivity index (χ1) is 14.8. The van der Waals surface area contributed by atoms with Gasteiger partial charge in [0.1, 0.15) is 18.3 Å². The van der Waals surface area contributed by atoms with Crippen LogP contribution in [0.1, 0.15) is 25.0 Å². The normalized spacial score (nSPS) is 18.7. The molecule has 0 saturated carbocycles. The number of amides is 2. The maximum atomic E-state index is 13.3. The average Bonchev–Trinajstić information content (AvgIpc) is 3.28. The Bertz CT molecular complexity index is 1080. The summed E-state index contributed by atoms with van der Waals surface area (Å²) in [5, 5.41) is 2.75. The van der Waals surface area contributed by atoms with Crippen LogP contribution in [0.5, 0.6) is 0 Å². The van der Waals surface area contributed by atoms with Crippen molar-refractivity contribution in [3.8, 4) is 0 Å². The molecule has 2 aromatic rings. The summed E-state index contributed by atoms with van der Waals surface area (Å²) in [5.41, 5.74) is 1.22. The van der Waals surface area contributed by atoms with Crippen molar-refractivity contribution in [2.75, 3.05) is 37.0 Å². The van der Waals surface area contributed by atoms with E-state index in [1.165, 1.54) is 31.3 Å². The average molecular weight is 447 g/mol. The Morgan fingerprint density at radius 3 is 2.74 bits per heavy atom. The highest BCUT2D eigenvalue weighted by molar-refractivity contribution is 7.89. The topological polar surface area (TPSA) is 103 Å². The van der Waals surface area contributed by atoms with E-state index < -0.39 is 10.0 Å². The molecule has 1 aromatic heterocycles. The monoisotopic (exact) mass is 446 g/mol. The van der Waals surface area contributed by atoms with Crippen molar-refractivity contribution in [2.45, 2.75) is 36.7 Å². The number of furan rings is 1. The van der Waals surface area contributed by atoms with Crippen LogP contribution in [0.2, 0.25) is 0 Å². The Kier molecular flexibility index (Phi) is 5.76. The fraction of sp³-hybridized carbons (Fsp3) is 0.429. The van der Waals surface area contributed by atoms with Crippen LogP contribution in [0.3, 0.4) is 0 Å². The van der Waals surface area contributed by atoms with Crippen molar-refractivity contribution >= 4 is 33.2 Å². The Morgan fingerprint density at radius 1 is 1.23 bits per heavy atom. The Morgan fingerprint density at radius 2 is 2.03 bits per heavy atom. The first-order valence-corrected chi connectivity index (χ1v) is 11.7. The molecule has 0 aliphatic carbocycles. The van der Waals surface area contributed by atoms with Crippen LogP contribution in [0.25, 0.3) is 0 Å². The van der Waals surface area contributed by atoms with Gasteiger partial charge in [0.25, 0.3) is 0 Å². The molecule has 31 heavy (non-hydrogen) atoms. The molecule has 1 saturated heterocycles. The molecule has 2 amide bonds. The van der Waals surface area contributed by atoms with E-state index in [1.807, 2.05) is 4.90 Å². The van der Waals surface area contributed by atoms with Gasteiger partial charge >= 0.3 is 0 Å². The third-order valence-corrected chi connectivity index (χ3v) is 7.53. The Balaban J connectivity index is 1.67. The van der Waals surface area contributed by atoms with E-state index in [2.05, 4.69) is 5.32 Å². The summed E-state index contributed by atoms with van der Waals surface area (Å²) in [4.78, 5) is 29.5. The van der Waals surface area contributed by atoms with Gasteiger partial charge in [0.15, 0.2) is 0 Å². The van der Waals surface area contributed by atoms with Gasteiger partial charge in [-0.3, -0.25) is 14.5 Å². The smallest absolute Gasteiger partial charge is 0.250 e. The molecule has 10 heteroatoms. The molecule has 3 heterocycles. The van der Waals surface area contributed by atoms with Gasteiger partial charge in [0.2, 0.25) is 21.8 Å². The third kappa shape index (κ3) is 4.05. The molecular formula is C21H26N4O5S. The van der Waals surface area contributed by atoms with Crippen molar-refractivity contribution in [1.29, 1.82) is 0 Å². The number of rotatable bonds is 6. The maximum absolute atomic E-state index is 13.3. The summed E-state index contributed by atoms with van der Waals surface area (Å²) in [7, 11) is -0.767. The molecule has 0 spiro atoms. The third-order valence-electron chi connectivity index (χ3n) is 5.72. The van der Waals surface area contributed by atoms with E-state index in [9.17, 15) is 18.0 Å². The molecule has 1 fully saturated rings. The SMILES string of the molecule is CN(C)S(=O)(=O)c1ccc2c(c1)N(CC(=O)NCc1ccco1)C(=O)[C@@H]1CCCCN21. The molecule has 1 N–H and O–H groups in total. The van der Waals surface area contributed by atoms with E-state index in [0.717, 1.165) is 29.4 Å². The summed E-state index contributed by atoms with van der Waals surface area (Å²) in [6.45, 7) is 0.745. The molecule has 0 radical (unpaired) electrons.